The Labute approximate surface area is 111 Å². The normalized spacial score (nSPS) is 11.2. The number of aromatic carboxylic acids is 1. The number of hydrogen-bond acceptors (Lipinski definition) is 4. The van der Waals surface area contributed by atoms with Crippen LogP contribution in [-0.2, 0) is 6.18 Å². The van der Waals surface area contributed by atoms with Crippen molar-refractivity contribution < 1.29 is 23.1 Å². The van der Waals surface area contributed by atoms with Gasteiger partial charge in [-0.3, -0.25) is 0 Å². The van der Waals surface area contributed by atoms with Crippen molar-refractivity contribution >= 4 is 17.3 Å². The summed E-state index contributed by atoms with van der Waals surface area (Å²) in [5, 5.41) is 11.4. The zero-order valence-electron chi connectivity index (χ0n) is 9.85. The molecule has 0 aliphatic carbocycles. The third kappa shape index (κ3) is 3.22. The molecule has 0 aromatic carbocycles. The predicted octanol–water partition coefficient (Wildman–Crippen LogP) is 2.94. The number of carbonyl (C=O) groups is 1. The SMILES string of the molecule is O=C(O)c1ccc(Nc2ccc(C(F)(F)F)nc2)cn1. The zero-order valence-corrected chi connectivity index (χ0v) is 9.85. The zero-order chi connectivity index (χ0) is 14.8. The van der Waals surface area contributed by atoms with Crippen LogP contribution in [0.5, 0.6) is 0 Å². The van der Waals surface area contributed by atoms with Gasteiger partial charge in [-0.15, -0.1) is 0 Å². The highest BCUT2D eigenvalue weighted by Gasteiger charge is 2.31. The fraction of sp³-hybridized carbons (Fsp3) is 0.0833. The van der Waals surface area contributed by atoms with Crippen LogP contribution >= 0.6 is 0 Å². The molecule has 0 saturated carbocycles. The summed E-state index contributed by atoms with van der Waals surface area (Å²) in [7, 11) is 0. The van der Waals surface area contributed by atoms with Gasteiger partial charge in [0.1, 0.15) is 11.4 Å². The molecule has 0 atom stereocenters. The molecular weight excluding hydrogens is 275 g/mol. The molecule has 2 aromatic heterocycles. The van der Waals surface area contributed by atoms with Crippen LogP contribution in [0.25, 0.3) is 0 Å². The minimum atomic E-state index is -4.48. The monoisotopic (exact) mass is 283 g/mol. The second-order valence-corrected chi connectivity index (χ2v) is 3.79. The van der Waals surface area contributed by atoms with Gasteiger partial charge in [0.25, 0.3) is 0 Å². The third-order valence-corrected chi connectivity index (χ3v) is 2.33. The Morgan fingerprint density at radius 3 is 2.05 bits per heavy atom. The Hall–Kier alpha value is -2.64. The largest absolute Gasteiger partial charge is 0.477 e. The number of hydrogen-bond donors (Lipinski definition) is 2. The second kappa shape index (κ2) is 5.16. The smallest absolute Gasteiger partial charge is 0.433 e. The van der Waals surface area contributed by atoms with Crippen molar-refractivity contribution in [3.05, 3.63) is 48.0 Å². The van der Waals surface area contributed by atoms with Crippen molar-refractivity contribution in [2.24, 2.45) is 0 Å². The van der Waals surface area contributed by atoms with Crippen molar-refractivity contribution in [3.8, 4) is 0 Å². The number of nitrogens with one attached hydrogen (secondary N) is 1. The van der Waals surface area contributed by atoms with Gasteiger partial charge in [-0.05, 0) is 24.3 Å². The number of pyridine rings is 2. The first-order valence-corrected chi connectivity index (χ1v) is 5.36. The second-order valence-electron chi connectivity index (χ2n) is 3.79. The number of halogens is 3. The number of rotatable bonds is 3. The molecule has 2 N–H and O–H groups in total. The lowest BCUT2D eigenvalue weighted by Gasteiger charge is -2.08. The molecule has 5 nitrogen and oxygen atoms in total. The molecule has 2 rings (SSSR count). The first-order valence-electron chi connectivity index (χ1n) is 5.36. The van der Waals surface area contributed by atoms with Gasteiger partial charge in [-0.25, -0.2) is 14.8 Å². The van der Waals surface area contributed by atoms with Crippen molar-refractivity contribution in [2.45, 2.75) is 6.18 Å². The average Bonchev–Trinajstić information content (AvgIpc) is 2.39. The number of alkyl halides is 3. The molecule has 8 heteroatoms. The van der Waals surface area contributed by atoms with Crippen molar-refractivity contribution in [1.29, 1.82) is 0 Å². The molecule has 0 unspecified atom stereocenters. The van der Waals surface area contributed by atoms with Crippen LogP contribution < -0.4 is 5.32 Å². The van der Waals surface area contributed by atoms with E-state index in [4.69, 9.17) is 5.11 Å². The van der Waals surface area contributed by atoms with Gasteiger partial charge >= 0.3 is 12.1 Å². The molecule has 0 aliphatic heterocycles. The summed E-state index contributed by atoms with van der Waals surface area (Å²) in [5.41, 5.74) is -0.331. The molecule has 0 aliphatic rings. The molecule has 0 amide bonds. The van der Waals surface area contributed by atoms with E-state index in [9.17, 15) is 18.0 Å². The Bertz CT molecular complexity index is 609. The van der Waals surface area contributed by atoms with Crippen LogP contribution in [-0.4, -0.2) is 21.0 Å². The van der Waals surface area contributed by atoms with E-state index in [2.05, 4.69) is 15.3 Å². The van der Waals surface area contributed by atoms with Crippen LogP contribution in [0.4, 0.5) is 24.5 Å². The standard InChI is InChI=1S/C12H8F3N3O2/c13-12(14,15)10-4-2-8(6-17-10)18-7-1-3-9(11(19)20)16-5-7/h1-6,18H,(H,19,20). The van der Waals surface area contributed by atoms with E-state index in [1.165, 1.54) is 24.4 Å². The van der Waals surface area contributed by atoms with E-state index < -0.39 is 17.8 Å². The summed E-state index contributed by atoms with van der Waals surface area (Å²) >= 11 is 0. The van der Waals surface area contributed by atoms with Crippen LogP contribution in [0.2, 0.25) is 0 Å². The van der Waals surface area contributed by atoms with Crippen LogP contribution in [0.3, 0.4) is 0 Å². The molecule has 104 valence electrons. The fourth-order valence-electron chi connectivity index (χ4n) is 1.40. The van der Waals surface area contributed by atoms with Gasteiger partial charge in [0, 0.05) is 0 Å². The Kier molecular flexibility index (Phi) is 3.55. The van der Waals surface area contributed by atoms with Crippen LogP contribution in [0.1, 0.15) is 16.2 Å². The molecule has 0 fully saturated rings. The van der Waals surface area contributed by atoms with Gasteiger partial charge in [0.15, 0.2) is 0 Å². The quantitative estimate of drug-likeness (QED) is 0.905. The third-order valence-electron chi connectivity index (χ3n) is 2.33. The topological polar surface area (TPSA) is 75.1 Å². The van der Waals surface area contributed by atoms with E-state index >= 15 is 0 Å². The van der Waals surface area contributed by atoms with Gasteiger partial charge < -0.3 is 10.4 Å². The highest BCUT2D eigenvalue weighted by Crippen LogP contribution is 2.28. The van der Waals surface area contributed by atoms with Gasteiger partial charge in [0.05, 0.1) is 23.8 Å². The van der Waals surface area contributed by atoms with Crippen molar-refractivity contribution in [2.75, 3.05) is 5.32 Å². The van der Waals surface area contributed by atoms with Gasteiger partial charge in [-0.1, -0.05) is 0 Å². The van der Waals surface area contributed by atoms with E-state index in [0.29, 0.717) is 11.4 Å². The molecule has 0 saturated heterocycles. The predicted molar refractivity (Wildman–Crippen MR) is 63.7 cm³/mol. The molecule has 2 heterocycles. The highest BCUT2D eigenvalue weighted by atomic mass is 19.4. The number of aromatic nitrogens is 2. The number of carboxylic acid groups (broad SMARTS) is 1. The molecule has 20 heavy (non-hydrogen) atoms. The maximum absolute atomic E-state index is 12.3. The van der Waals surface area contributed by atoms with E-state index in [-0.39, 0.29) is 5.69 Å². The van der Waals surface area contributed by atoms with Crippen molar-refractivity contribution in [3.63, 3.8) is 0 Å². The molecule has 0 radical (unpaired) electrons. The summed E-state index contributed by atoms with van der Waals surface area (Å²) in [5.74, 6) is -1.16. The summed E-state index contributed by atoms with van der Waals surface area (Å²) in [6.45, 7) is 0. The number of anilines is 2. The van der Waals surface area contributed by atoms with E-state index in [0.717, 1.165) is 12.3 Å². The minimum absolute atomic E-state index is 0.124. The van der Waals surface area contributed by atoms with Crippen molar-refractivity contribution in [1.82, 2.24) is 9.97 Å². The van der Waals surface area contributed by atoms with E-state index in [1.807, 2.05) is 0 Å². The summed E-state index contributed by atoms with van der Waals surface area (Å²) in [4.78, 5) is 17.6. The molecule has 0 spiro atoms. The number of carboxylic acids is 1. The average molecular weight is 283 g/mol. The first kappa shape index (κ1) is 13.8. The highest BCUT2D eigenvalue weighted by molar-refractivity contribution is 5.85. The Balaban J connectivity index is 2.12. The van der Waals surface area contributed by atoms with Crippen LogP contribution in [0, 0.1) is 0 Å². The fourth-order valence-corrected chi connectivity index (χ4v) is 1.40. The first-order chi connectivity index (χ1) is 9.36. The Morgan fingerprint density at radius 1 is 1.05 bits per heavy atom. The summed E-state index contributed by atoms with van der Waals surface area (Å²) in [6, 6.07) is 4.80. The molecular formula is C12H8F3N3O2. The lowest BCUT2D eigenvalue weighted by atomic mass is 10.3. The van der Waals surface area contributed by atoms with E-state index in [1.54, 1.807) is 0 Å². The Morgan fingerprint density at radius 2 is 1.65 bits per heavy atom. The number of nitrogens with zero attached hydrogens (tertiary/aromatic N) is 2. The lowest BCUT2D eigenvalue weighted by Crippen LogP contribution is -2.07. The van der Waals surface area contributed by atoms with Gasteiger partial charge in [-0.2, -0.15) is 13.2 Å². The lowest BCUT2D eigenvalue weighted by molar-refractivity contribution is -0.141. The van der Waals surface area contributed by atoms with Gasteiger partial charge in [0.2, 0.25) is 0 Å². The molecule has 0 bridgehead atoms. The maximum atomic E-state index is 12.3. The minimum Gasteiger partial charge on any atom is -0.477 e. The van der Waals surface area contributed by atoms with Crippen LogP contribution in [0.15, 0.2) is 36.7 Å². The summed E-state index contributed by atoms with van der Waals surface area (Å²) in [6.07, 6.45) is -2.18. The summed E-state index contributed by atoms with van der Waals surface area (Å²) < 4.78 is 37.0. The molecule has 2 aromatic rings. The maximum Gasteiger partial charge on any atom is 0.433 e.